The molecular formula is C13H8ClFN4O2. The highest BCUT2D eigenvalue weighted by Crippen LogP contribution is 2.23. The van der Waals surface area contributed by atoms with E-state index in [0.717, 1.165) is 17.0 Å². The van der Waals surface area contributed by atoms with E-state index in [4.69, 9.17) is 22.2 Å². The second-order valence-electron chi connectivity index (χ2n) is 4.18. The van der Waals surface area contributed by atoms with Crippen LogP contribution in [-0.4, -0.2) is 21.1 Å². The van der Waals surface area contributed by atoms with Crippen LogP contribution in [-0.2, 0) is 0 Å². The Labute approximate surface area is 122 Å². The summed E-state index contributed by atoms with van der Waals surface area (Å²) in [6.45, 7) is 0. The summed E-state index contributed by atoms with van der Waals surface area (Å²) in [4.78, 5) is 17.9. The van der Waals surface area contributed by atoms with Gasteiger partial charge >= 0.3 is 5.97 Å². The van der Waals surface area contributed by atoms with Crippen molar-refractivity contribution in [1.29, 1.82) is 0 Å². The maximum Gasteiger partial charge on any atom is 0.368 e. The lowest BCUT2D eigenvalue weighted by molar-refractivity contribution is 0.0403. The number of benzene rings is 2. The van der Waals surface area contributed by atoms with Crippen LogP contribution in [0.2, 0.25) is 5.02 Å². The lowest BCUT2D eigenvalue weighted by Crippen LogP contribution is -2.22. The standard InChI is InChI=1S/C13H8ClFN4O2/c14-8-6-9(15)7(5-10(8)16)13(20)21-19-12-4-2-1-3-11(12)17-18-19/h1-6H,16H2. The van der Waals surface area contributed by atoms with Gasteiger partial charge in [-0.2, -0.15) is 0 Å². The molecule has 0 amide bonds. The van der Waals surface area contributed by atoms with Gasteiger partial charge < -0.3 is 10.6 Å². The van der Waals surface area contributed by atoms with E-state index in [1.165, 1.54) is 0 Å². The number of fused-ring (bicyclic) bond motifs is 1. The van der Waals surface area contributed by atoms with Crippen molar-refractivity contribution in [3.8, 4) is 0 Å². The van der Waals surface area contributed by atoms with Crippen LogP contribution < -0.4 is 10.6 Å². The highest BCUT2D eigenvalue weighted by Gasteiger charge is 2.18. The van der Waals surface area contributed by atoms with Gasteiger partial charge in [0.05, 0.1) is 16.3 Å². The first-order chi connectivity index (χ1) is 10.1. The Hall–Kier alpha value is -2.67. The Kier molecular flexibility index (Phi) is 3.19. The molecule has 0 saturated carbocycles. The van der Waals surface area contributed by atoms with Crippen molar-refractivity contribution in [2.75, 3.05) is 5.73 Å². The molecule has 6 nitrogen and oxygen atoms in total. The normalized spacial score (nSPS) is 10.8. The maximum atomic E-state index is 13.7. The summed E-state index contributed by atoms with van der Waals surface area (Å²) in [7, 11) is 0. The van der Waals surface area contributed by atoms with Gasteiger partial charge in [-0.3, -0.25) is 0 Å². The Morgan fingerprint density at radius 1 is 1.33 bits per heavy atom. The van der Waals surface area contributed by atoms with E-state index in [1.807, 2.05) is 0 Å². The van der Waals surface area contributed by atoms with E-state index in [-0.39, 0.29) is 16.3 Å². The summed E-state index contributed by atoms with van der Waals surface area (Å²) < 4.78 is 13.7. The third-order valence-corrected chi connectivity index (χ3v) is 3.12. The van der Waals surface area contributed by atoms with Gasteiger partial charge in [-0.1, -0.05) is 28.6 Å². The molecule has 2 aromatic carbocycles. The molecule has 0 aliphatic heterocycles. The SMILES string of the molecule is Nc1cc(C(=O)On2nnc3ccccc32)c(F)cc1Cl. The van der Waals surface area contributed by atoms with Crippen molar-refractivity contribution in [2.45, 2.75) is 0 Å². The monoisotopic (exact) mass is 306 g/mol. The number of rotatable bonds is 2. The van der Waals surface area contributed by atoms with E-state index in [0.29, 0.717) is 11.0 Å². The third-order valence-electron chi connectivity index (χ3n) is 2.80. The summed E-state index contributed by atoms with van der Waals surface area (Å²) in [5, 5.41) is 7.51. The Morgan fingerprint density at radius 2 is 2.10 bits per heavy atom. The number of carbonyl (C=O) groups is 1. The zero-order valence-corrected chi connectivity index (χ0v) is 11.2. The number of aromatic nitrogens is 3. The van der Waals surface area contributed by atoms with Crippen LogP contribution in [0.1, 0.15) is 10.4 Å². The summed E-state index contributed by atoms with van der Waals surface area (Å²) in [6.07, 6.45) is 0. The molecule has 8 heteroatoms. The van der Waals surface area contributed by atoms with Crippen LogP contribution in [0.5, 0.6) is 0 Å². The average molecular weight is 307 g/mol. The fourth-order valence-corrected chi connectivity index (χ4v) is 1.92. The fourth-order valence-electron chi connectivity index (χ4n) is 1.76. The second-order valence-corrected chi connectivity index (χ2v) is 4.59. The number of halogens is 2. The first-order valence-corrected chi connectivity index (χ1v) is 6.21. The molecule has 3 rings (SSSR count). The highest BCUT2D eigenvalue weighted by atomic mass is 35.5. The molecule has 0 radical (unpaired) electrons. The summed E-state index contributed by atoms with van der Waals surface area (Å²) in [5.74, 6) is -1.78. The molecule has 21 heavy (non-hydrogen) atoms. The smallest absolute Gasteiger partial charge is 0.368 e. The highest BCUT2D eigenvalue weighted by molar-refractivity contribution is 6.33. The summed E-state index contributed by atoms with van der Waals surface area (Å²) in [5.41, 5.74) is 6.31. The average Bonchev–Trinajstić information content (AvgIpc) is 2.86. The van der Waals surface area contributed by atoms with E-state index in [2.05, 4.69) is 10.3 Å². The Morgan fingerprint density at radius 3 is 2.90 bits per heavy atom. The molecule has 0 fully saturated rings. The molecule has 0 spiro atoms. The number of anilines is 1. The number of hydrogen-bond acceptors (Lipinski definition) is 5. The van der Waals surface area contributed by atoms with E-state index in [9.17, 15) is 9.18 Å². The molecular weight excluding hydrogens is 299 g/mol. The van der Waals surface area contributed by atoms with Crippen molar-refractivity contribution in [2.24, 2.45) is 0 Å². The predicted molar refractivity (Wildman–Crippen MR) is 74.3 cm³/mol. The van der Waals surface area contributed by atoms with Crippen LogP contribution in [0.3, 0.4) is 0 Å². The van der Waals surface area contributed by atoms with Gasteiger partial charge in [0.25, 0.3) is 0 Å². The first-order valence-electron chi connectivity index (χ1n) is 5.84. The predicted octanol–water partition coefficient (Wildman–Crippen LogP) is 2.07. The molecule has 2 N–H and O–H groups in total. The van der Waals surface area contributed by atoms with Gasteiger partial charge in [-0.05, 0) is 29.5 Å². The maximum absolute atomic E-state index is 13.7. The van der Waals surface area contributed by atoms with Crippen molar-refractivity contribution < 1.29 is 14.0 Å². The number of carbonyl (C=O) groups excluding carboxylic acids is 1. The zero-order valence-electron chi connectivity index (χ0n) is 10.5. The van der Waals surface area contributed by atoms with Gasteiger partial charge in [0, 0.05) is 0 Å². The van der Waals surface area contributed by atoms with Crippen LogP contribution in [0.15, 0.2) is 36.4 Å². The van der Waals surface area contributed by atoms with Crippen LogP contribution >= 0.6 is 11.6 Å². The second kappa shape index (κ2) is 5.02. The molecule has 0 bridgehead atoms. The largest absolute Gasteiger partial charge is 0.397 e. The van der Waals surface area contributed by atoms with Crippen LogP contribution in [0.4, 0.5) is 10.1 Å². The zero-order chi connectivity index (χ0) is 15.0. The molecule has 0 atom stereocenters. The van der Waals surface area contributed by atoms with Crippen molar-refractivity contribution in [3.05, 3.63) is 52.8 Å². The van der Waals surface area contributed by atoms with Gasteiger partial charge in [0.2, 0.25) is 0 Å². The van der Waals surface area contributed by atoms with Crippen molar-refractivity contribution in [1.82, 2.24) is 15.2 Å². The van der Waals surface area contributed by atoms with Gasteiger partial charge in [-0.15, -0.1) is 5.10 Å². The molecule has 106 valence electrons. The first kappa shape index (κ1) is 13.3. The topological polar surface area (TPSA) is 83.0 Å². The third kappa shape index (κ3) is 2.38. The molecule has 1 aromatic heterocycles. The number of nitrogens with zero attached hydrogens (tertiary/aromatic N) is 3. The molecule has 0 aliphatic rings. The Bertz CT molecular complexity index is 849. The van der Waals surface area contributed by atoms with Gasteiger partial charge in [-0.25, -0.2) is 9.18 Å². The van der Waals surface area contributed by atoms with Crippen LogP contribution in [0, 0.1) is 5.82 Å². The van der Waals surface area contributed by atoms with E-state index in [1.54, 1.807) is 24.3 Å². The quantitative estimate of drug-likeness (QED) is 0.579. The molecule has 3 aromatic rings. The molecule has 0 saturated heterocycles. The molecule has 0 aliphatic carbocycles. The van der Waals surface area contributed by atoms with Crippen LogP contribution in [0.25, 0.3) is 11.0 Å². The van der Waals surface area contributed by atoms with E-state index >= 15 is 0 Å². The summed E-state index contributed by atoms with van der Waals surface area (Å²) in [6, 6.07) is 8.92. The molecule has 1 heterocycles. The number of hydrogen-bond donors (Lipinski definition) is 1. The molecule has 0 unspecified atom stereocenters. The van der Waals surface area contributed by atoms with Gasteiger partial charge in [0.15, 0.2) is 0 Å². The van der Waals surface area contributed by atoms with Crippen molar-refractivity contribution >= 4 is 34.3 Å². The Balaban J connectivity index is 1.95. The minimum atomic E-state index is -0.952. The number of para-hydroxylation sites is 1. The summed E-state index contributed by atoms with van der Waals surface area (Å²) >= 11 is 5.67. The minimum Gasteiger partial charge on any atom is -0.397 e. The van der Waals surface area contributed by atoms with Gasteiger partial charge in [0.1, 0.15) is 16.9 Å². The van der Waals surface area contributed by atoms with E-state index < -0.39 is 11.8 Å². The van der Waals surface area contributed by atoms with Crippen molar-refractivity contribution in [3.63, 3.8) is 0 Å². The lowest BCUT2D eigenvalue weighted by Gasteiger charge is -2.06. The number of nitrogen functional groups attached to an aromatic ring is 1. The minimum absolute atomic E-state index is 0.0234. The lowest BCUT2D eigenvalue weighted by atomic mass is 10.2. The number of nitrogens with two attached hydrogens (primary N) is 1. The fraction of sp³-hybridized carbons (Fsp3) is 0.